The molecule has 2 aromatic rings. The Bertz CT molecular complexity index is 795. The van der Waals surface area contributed by atoms with Crippen LogP contribution in [0.5, 0.6) is 0 Å². The number of amides is 2. The van der Waals surface area contributed by atoms with E-state index in [9.17, 15) is 9.59 Å². The molecule has 2 amide bonds. The van der Waals surface area contributed by atoms with Crippen molar-refractivity contribution >= 4 is 28.3 Å². The molecule has 0 aliphatic carbocycles. The number of anilines is 1. The highest BCUT2D eigenvalue weighted by atomic mass is 32.1. The van der Waals surface area contributed by atoms with Crippen LogP contribution in [0.1, 0.15) is 30.1 Å². The largest absolute Gasteiger partial charge is 0.375 e. The van der Waals surface area contributed by atoms with Gasteiger partial charge in [0.15, 0.2) is 5.13 Å². The summed E-state index contributed by atoms with van der Waals surface area (Å²) in [6, 6.07) is 9.04. The van der Waals surface area contributed by atoms with Gasteiger partial charge in [-0.05, 0) is 24.5 Å². The summed E-state index contributed by atoms with van der Waals surface area (Å²) in [6.45, 7) is 2.44. The number of nitriles is 1. The molecule has 26 heavy (non-hydrogen) atoms. The number of nitrogens with one attached hydrogen (secondary N) is 2. The van der Waals surface area contributed by atoms with Crippen molar-refractivity contribution in [3.05, 3.63) is 35.2 Å². The second-order valence-electron chi connectivity index (χ2n) is 5.94. The Balaban J connectivity index is 1.77. The van der Waals surface area contributed by atoms with Crippen LogP contribution in [-0.4, -0.2) is 29.9 Å². The lowest BCUT2D eigenvalue weighted by Crippen LogP contribution is -2.28. The van der Waals surface area contributed by atoms with Crippen LogP contribution in [0.3, 0.4) is 0 Å². The third kappa shape index (κ3) is 5.86. The monoisotopic (exact) mass is 371 g/mol. The smallest absolute Gasteiger partial charge is 0.251 e. The van der Waals surface area contributed by atoms with Crippen molar-refractivity contribution in [1.29, 1.82) is 5.26 Å². The van der Waals surface area contributed by atoms with Crippen LogP contribution in [0.25, 0.3) is 11.3 Å². The lowest BCUT2D eigenvalue weighted by atomic mass is 10.0. The molecule has 1 aromatic carbocycles. The Kier molecular flexibility index (Phi) is 7.12. The van der Waals surface area contributed by atoms with Crippen molar-refractivity contribution in [3.8, 4) is 17.3 Å². The molecule has 0 aliphatic heterocycles. The van der Waals surface area contributed by atoms with E-state index in [4.69, 9.17) is 11.0 Å². The highest BCUT2D eigenvalue weighted by Crippen LogP contribution is 2.23. The molecular weight excluding hydrogens is 350 g/mol. The number of nitrogens with two attached hydrogens (primary N) is 1. The van der Waals surface area contributed by atoms with Gasteiger partial charge in [0.25, 0.3) is 5.91 Å². The van der Waals surface area contributed by atoms with E-state index in [0.717, 1.165) is 11.3 Å². The predicted molar refractivity (Wildman–Crippen MR) is 101 cm³/mol. The second kappa shape index (κ2) is 9.53. The first-order valence-corrected chi connectivity index (χ1v) is 9.11. The van der Waals surface area contributed by atoms with E-state index in [-0.39, 0.29) is 24.3 Å². The van der Waals surface area contributed by atoms with Gasteiger partial charge in [-0.15, -0.1) is 11.3 Å². The van der Waals surface area contributed by atoms with Crippen LogP contribution in [0, 0.1) is 17.2 Å². The van der Waals surface area contributed by atoms with Gasteiger partial charge in [0.05, 0.1) is 11.8 Å². The van der Waals surface area contributed by atoms with Gasteiger partial charge in [-0.3, -0.25) is 9.59 Å². The molecule has 7 nitrogen and oxygen atoms in total. The maximum atomic E-state index is 12.2. The fourth-order valence-electron chi connectivity index (χ4n) is 2.38. The van der Waals surface area contributed by atoms with Crippen LogP contribution in [0.2, 0.25) is 0 Å². The van der Waals surface area contributed by atoms with Gasteiger partial charge in [-0.2, -0.15) is 5.26 Å². The topological polar surface area (TPSA) is 121 Å². The first-order valence-electron chi connectivity index (χ1n) is 8.23. The number of thiazole rings is 1. The van der Waals surface area contributed by atoms with Crippen molar-refractivity contribution in [3.63, 3.8) is 0 Å². The Morgan fingerprint density at radius 1 is 1.31 bits per heavy atom. The molecule has 0 radical (unpaired) electrons. The quantitative estimate of drug-likeness (QED) is 0.614. The highest BCUT2D eigenvalue weighted by molar-refractivity contribution is 7.13. The number of hydrogen-bond acceptors (Lipinski definition) is 6. The number of nitrogens with zero attached hydrogens (tertiary/aromatic N) is 2. The van der Waals surface area contributed by atoms with E-state index in [1.54, 1.807) is 12.1 Å². The van der Waals surface area contributed by atoms with Crippen molar-refractivity contribution in [2.75, 3.05) is 18.8 Å². The number of hydrogen-bond donors (Lipinski definition) is 3. The Morgan fingerprint density at radius 2 is 2.04 bits per heavy atom. The van der Waals surface area contributed by atoms with Gasteiger partial charge in [-0.1, -0.05) is 19.1 Å². The van der Waals surface area contributed by atoms with E-state index in [1.807, 2.05) is 30.5 Å². The maximum Gasteiger partial charge on any atom is 0.251 e. The fourth-order valence-corrected chi connectivity index (χ4v) is 2.95. The number of carbonyl (C=O) groups is 2. The Morgan fingerprint density at radius 3 is 2.65 bits per heavy atom. The molecule has 1 unspecified atom stereocenters. The van der Waals surface area contributed by atoms with Crippen LogP contribution in [0.15, 0.2) is 29.6 Å². The second-order valence-corrected chi connectivity index (χ2v) is 6.83. The molecule has 1 atom stereocenters. The van der Waals surface area contributed by atoms with Crippen molar-refractivity contribution in [2.24, 2.45) is 5.92 Å². The molecule has 0 spiro atoms. The molecule has 4 N–H and O–H groups in total. The van der Waals surface area contributed by atoms with E-state index < -0.39 is 0 Å². The number of nitrogen functional groups attached to an aromatic ring is 1. The van der Waals surface area contributed by atoms with Gasteiger partial charge >= 0.3 is 0 Å². The van der Waals surface area contributed by atoms with Gasteiger partial charge in [0, 0.05) is 29.5 Å². The highest BCUT2D eigenvalue weighted by Gasteiger charge is 2.11. The number of carbonyl (C=O) groups excluding carboxylic acids is 2. The number of aromatic nitrogens is 1. The predicted octanol–water partition coefficient (Wildman–Crippen LogP) is 2.18. The van der Waals surface area contributed by atoms with Crippen molar-refractivity contribution in [1.82, 2.24) is 15.6 Å². The number of benzene rings is 1. The maximum absolute atomic E-state index is 12.2. The molecule has 1 aromatic heterocycles. The number of rotatable bonds is 8. The van der Waals surface area contributed by atoms with Crippen molar-refractivity contribution < 1.29 is 9.59 Å². The third-order valence-corrected chi connectivity index (χ3v) is 4.46. The standard InChI is InChI=1S/C18H21N5O2S/c1-12(10-16(24)21-9-7-19)6-8-22-17(25)14-4-2-13(3-5-14)15-11-26-18(20)23-15/h2-5,11-12H,6,8-10H2,1H3,(H2,20,23)(H,21,24)(H,22,25). The molecule has 1 heterocycles. The molecule has 136 valence electrons. The zero-order valence-corrected chi connectivity index (χ0v) is 15.3. The first kappa shape index (κ1) is 19.4. The van der Waals surface area contributed by atoms with Gasteiger partial charge in [0.1, 0.15) is 6.54 Å². The fraction of sp³-hybridized carbons (Fsp3) is 0.333. The summed E-state index contributed by atoms with van der Waals surface area (Å²) in [5.41, 5.74) is 7.90. The van der Waals surface area contributed by atoms with E-state index in [1.165, 1.54) is 11.3 Å². The first-order chi connectivity index (χ1) is 12.5. The SMILES string of the molecule is CC(CCNC(=O)c1ccc(-c2csc(N)n2)cc1)CC(=O)NCC#N. The minimum absolute atomic E-state index is 0.0196. The summed E-state index contributed by atoms with van der Waals surface area (Å²) >= 11 is 1.37. The van der Waals surface area contributed by atoms with Gasteiger partial charge < -0.3 is 16.4 Å². The Labute approximate surface area is 156 Å². The average molecular weight is 371 g/mol. The van der Waals surface area contributed by atoms with Crippen LogP contribution < -0.4 is 16.4 Å². The molecule has 0 saturated heterocycles. The average Bonchev–Trinajstić information content (AvgIpc) is 3.06. The Hall–Kier alpha value is -2.92. The summed E-state index contributed by atoms with van der Waals surface area (Å²) < 4.78 is 0. The minimum atomic E-state index is -0.157. The molecule has 2 rings (SSSR count). The van der Waals surface area contributed by atoms with E-state index in [0.29, 0.717) is 30.1 Å². The normalized spacial score (nSPS) is 11.4. The molecular formula is C18H21N5O2S. The van der Waals surface area contributed by atoms with Crippen molar-refractivity contribution in [2.45, 2.75) is 19.8 Å². The summed E-state index contributed by atoms with van der Waals surface area (Å²) in [6.07, 6.45) is 1.02. The van der Waals surface area contributed by atoms with Crippen LogP contribution in [-0.2, 0) is 4.79 Å². The van der Waals surface area contributed by atoms with E-state index >= 15 is 0 Å². The molecule has 0 bridgehead atoms. The minimum Gasteiger partial charge on any atom is -0.375 e. The zero-order chi connectivity index (χ0) is 18.9. The van der Waals surface area contributed by atoms with Gasteiger partial charge in [-0.25, -0.2) is 4.98 Å². The lowest BCUT2D eigenvalue weighted by Gasteiger charge is -2.11. The molecule has 8 heteroatoms. The summed E-state index contributed by atoms with van der Waals surface area (Å²) in [5, 5.41) is 16.2. The lowest BCUT2D eigenvalue weighted by molar-refractivity contribution is -0.121. The van der Waals surface area contributed by atoms with E-state index in [2.05, 4.69) is 15.6 Å². The molecule has 0 saturated carbocycles. The zero-order valence-electron chi connectivity index (χ0n) is 14.5. The summed E-state index contributed by atoms with van der Waals surface area (Å²) in [7, 11) is 0. The molecule has 0 fully saturated rings. The van der Waals surface area contributed by atoms with Crippen LogP contribution in [0.4, 0.5) is 5.13 Å². The summed E-state index contributed by atoms with van der Waals surface area (Å²) in [5.74, 6) is -0.189. The third-order valence-electron chi connectivity index (χ3n) is 3.79. The van der Waals surface area contributed by atoms with Crippen LogP contribution >= 0.6 is 11.3 Å². The molecule has 0 aliphatic rings. The van der Waals surface area contributed by atoms with Gasteiger partial charge in [0.2, 0.25) is 5.91 Å². The summed E-state index contributed by atoms with van der Waals surface area (Å²) in [4.78, 5) is 27.9.